The average molecular weight is 242 g/mol. The molecule has 0 saturated carbocycles. The summed E-state index contributed by atoms with van der Waals surface area (Å²) in [5, 5.41) is 9.54. The van der Waals surface area contributed by atoms with E-state index in [-0.39, 0.29) is 5.82 Å². The van der Waals surface area contributed by atoms with E-state index in [0.29, 0.717) is 6.42 Å². The first-order valence-electron chi connectivity index (χ1n) is 5.84. The van der Waals surface area contributed by atoms with Gasteiger partial charge in [-0.1, -0.05) is 42.5 Å². The van der Waals surface area contributed by atoms with Crippen LogP contribution in [0.2, 0.25) is 0 Å². The molecule has 0 aliphatic carbocycles. The van der Waals surface area contributed by atoms with E-state index in [9.17, 15) is 9.50 Å². The first-order valence-corrected chi connectivity index (χ1v) is 5.84. The summed E-state index contributed by atoms with van der Waals surface area (Å²) in [6.45, 7) is 3.56. The van der Waals surface area contributed by atoms with Crippen LogP contribution < -0.4 is 0 Å². The van der Waals surface area contributed by atoms with Crippen molar-refractivity contribution in [1.82, 2.24) is 0 Å². The second kappa shape index (κ2) is 5.61. The Hall–Kier alpha value is -1.93. The third kappa shape index (κ3) is 3.05. The van der Waals surface area contributed by atoms with Gasteiger partial charge in [0, 0.05) is 6.42 Å². The quantitative estimate of drug-likeness (QED) is 0.812. The summed E-state index contributed by atoms with van der Waals surface area (Å²) < 4.78 is 12.9. The Morgan fingerprint density at radius 2 is 1.83 bits per heavy atom. The molecule has 0 heterocycles. The van der Waals surface area contributed by atoms with Gasteiger partial charge in [0.2, 0.25) is 0 Å². The number of benzene rings is 2. The topological polar surface area (TPSA) is 20.2 Å². The van der Waals surface area contributed by atoms with E-state index in [0.717, 1.165) is 16.7 Å². The van der Waals surface area contributed by atoms with Gasteiger partial charge in [0.05, 0.1) is 6.10 Å². The SMILES string of the molecule is C=C[C@H](O)Cc1cccc(-c2ccc(F)cc2)c1. The standard InChI is InChI=1S/C16H15FO/c1-2-16(18)11-12-4-3-5-14(10-12)13-6-8-15(17)9-7-13/h2-10,16,18H,1,11H2/t16-/m0/s1. The van der Waals surface area contributed by atoms with Crippen molar-refractivity contribution in [2.24, 2.45) is 0 Å². The van der Waals surface area contributed by atoms with Crippen molar-refractivity contribution in [3.05, 3.63) is 72.6 Å². The summed E-state index contributed by atoms with van der Waals surface area (Å²) in [7, 11) is 0. The van der Waals surface area contributed by atoms with Crippen LogP contribution in [0.5, 0.6) is 0 Å². The molecular formula is C16H15FO. The Labute approximate surface area is 106 Å². The fourth-order valence-electron chi connectivity index (χ4n) is 1.85. The van der Waals surface area contributed by atoms with Gasteiger partial charge in [-0.05, 0) is 28.8 Å². The average Bonchev–Trinajstić information content (AvgIpc) is 2.40. The van der Waals surface area contributed by atoms with Crippen LogP contribution in [-0.2, 0) is 6.42 Å². The van der Waals surface area contributed by atoms with Crippen LogP contribution in [0.3, 0.4) is 0 Å². The van der Waals surface area contributed by atoms with E-state index >= 15 is 0 Å². The molecule has 0 unspecified atom stereocenters. The first kappa shape index (κ1) is 12.5. The maximum absolute atomic E-state index is 12.9. The van der Waals surface area contributed by atoms with Crippen molar-refractivity contribution in [2.45, 2.75) is 12.5 Å². The van der Waals surface area contributed by atoms with Crippen molar-refractivity contribution < 1.29 is 9.50 Å². The van der Waals surface area contributed by atoms with Crippen molar-refractivity contribution in [1.29, 1.82) is 0 Å². The molecule has 0 radical (unpaired) electrons. The zero-order valence-corrected chi connectivity index (χ0v) is 10.0. The van der Waals surface area contributed by atoms with Gasteiger partial charge in [-0.3, -0.25) is 0 Å². The summed E-state index contributed by atoms with van der Waals surface area (Å²) >= 11 is 0. The van der Waals surface area contributed by atoms with E-state index in [1.165, 1.54) is 18.2 Å². The van der Waals surface area contributed by atoms with Crippen LogP contribution in [0.4, 0.5) is 4.39 Å². The number of rotatable bonds is 4. The first-order chi connectivity index (χ1) is 8.69. The third-order valence-corrected chi connectivity index (χ3v) is 2.82. The number of hydrogen-bond acceptors (Lipinski definition) is 1. The molecule has 1 atom stereocenters. The maximum Gasteiger partial charge on any atom is 0.123 e. The number of aliphatic hydroxyl groups excluding tert-OH is 1. The fourth-order valence-corrected chi connectivity index (χ4v) is 1.85. The molecule has 0 saturated heterocycles. The van der Waals surface area contributed by atoms with Crippen LogP contribution in [0.25, 0.3) is 11.1 Å². The predicted molar refractivity (Wildman–Crippen MR) is 71.7 cm³/mol. The summed E-state index contributed by atoms with van der Waals surface area (Å²) in [6, 6.07) is 14.2. The molecule has 2 aromatic rings. The molecule has 0 amide bonds. The van der Waals surface area contributed by atoms with Gasteiger partial charge in [-0.25, -0.2) is 4.39 Å². The Balaban J connectivity index is 2.26. The van der Waals surface area contributed by atoms with Gasteiger partial charge in [-0.15, -0.1) is 6.58 Å². The molecule has 0 spiro atoms. The second-order valence-electron chi connectivity index (χ2n) is 4.21. The predicted octanol–water partition coefficient (Wildman–Crippen LogP) is 3.58. The molecule has 0 bridgehead atoms. The van der Waals surface area contributed by atoms with Crippen LogP contribution in [-0.4, -0.2) is 11.2 Å². The van der Waals surface area contributed by atoms with Crippen LogP contribution in [0.15, 0.2) is 61.2 Å². The second-order valence-corrected chi connectivity index (χ2v) is 4.21. The van der Waals surface area contributed by atoms with Crippen LogP contribution in [0, 0.1) is 5.82 Å². The molecule has 2 aromatic carbocycles. The Kier molecular flexibility index (Phi) is 3.90. The van der Waals surface area contributed by atoms with Crippen molar-refractivity contribution in [3.8, 4) is 11.1 Å². The highest BCUT2D eigenvalue weighted by atomic mass is 19.1. The number of hydrogen-bond donors (Lipinski definition) is 1. The highest BCUT2D eigenvalue weighted by Gasteiger charge is 2.03. The molecular weight excluding hydrogens is 227 g/mol. The van der Waals surface area contributed by atoms with E-state index in [2.05, 4.69) is 6.58 Å². The highest BCUT2D eigenvalue weighted by molar-refractivity contribution is 5.64. The normalized spacial score (nSPS) is 12.1. The van der Waals surface area contributed by atoms with E-state index < -0.39 is 6.10 Å². The smallest absolute Gasteiger partial charge is 0.123 e. The molecule has 0 fully saturated rings. The van der Waals surface area contributed by atoms with Gasteiger partial charge in [-0.2, -0.15) is 0 Å². The Morgan fingerprint density at radius 3 is 2.50 bits per heavy atom. The lowest BCUT2D eigenvalue weighted by molar-refractivity contribution is 0.224. The summed E-state index contributed by atoms with van der Waals surface area (Å²) in [6.07, 6.45) is 1.52. The van der Waals surface area contributed by atoms with Gasteiger partial charge in [0.25, 0.3) is 0 Å². The molecule has 92 valence electrons. The minimum absolute atomic E-state index is 0.239. The lowest BCUT2D eigenvalue weighted by atomic mass is 10.0. The van der Waals surface area contributed by atoms with Gasteiger partial charge >= 0.3 is 0 Å². The van der Waals surface area contributed by atoms with Gasteiger partial charge in [0.1, 0.15) is 5.82 Å². The number of aliphatic hydroxyl groups is 1. The van der Waals surface area contributed by atoms with E-state index in [1.807, 2.05) is 24.3 Å². The monoisotopic (exact) mass is 242 g/mol. The molecule has 0 aliphatic rings. The molecule has 2 rings (SSSR count). The van der Waals surface area contributed by atoms with E-state index in [1.54, 1.807) is 12.1 Å². The van der Waals surface area contributed by atoms with Gasteiger partial charge < -0.3 is 5.11 Å². The van der Waals surface area contributed by atoms with Gasteiger partial charge in [0.15, 0.2) is 0 Å². The molecule has 2 heteroatoms. The third-order valence-electron chi connectivity index (χ3n) is 2.82. The van der Waals surface area contributed by atoms with Crippen molar-refractivity contribution >= 4 is 0 Å². The summed E-state index contributed by atoms with van der Waals surface area (Å²) in [4.78, 5) is 0. The lowest BCUT2D eigenvalue weighted by Gasteiger charge is -2.08. The van der Waals surface area contributed by atoms with Crippen LogP contribution >= 0.6 is 0 Å². The zero-order valence-electron chi connectivity index (χ0n) is 10.0. The fraction of sp³-hybridized carbons (Fsp3) is 0.125. The van der Waals surface area contributed by atoms with Crippen molar-refractivity contribution in [3.63, 3.8) is 0 Å². The van der Waals surface area contributed by atoms with Crippen LogP contribution in [0.1, 0.15) is 5.56 Å². The Morgan fingerprint density at radius 1 is 1.11 bits per heavy atom. The van der Waals surface area contributed by atoms with Crippen molar-refractivity contribution in [2.75, 3.05) is 0 Å². The minimum atomic E-state index is -0.534. The molecule has 1 N–H and O–H groups in total. The number of halogens is 1. The molecule has 18 heavy (non-hydrogen) atoms. The summed E-state index contributed by atoms with van der Waals surface area (Å²) in [5.41, 5.74) is 3.01. The zero-order chi connectivity index (χ0) is 13.0. The van der Waals surface area contributed by atoms with E-state index in [4.69, 9.17) is 0 Å². The Bertz CT molecular complexity index is 531. The maximum atomic E-state index is 12.9. The largest absolute Gasteiger partial charge is 0.389 e. The lowest BCUT2D eigenvalue weighted by Crippen LogP contribution is -2.05. The summed E-state index contributed by atoms with van der Waals surface area (Å²) in [5.74, 6) is -0.239. The minimum Gasteiger partial charge on any atom is -0.389 e. The molecule has 0 aromatic heterocycles. The molecule has 0 aliphatic heterocycles. The molecule has 1 nitrogen and oxygen atoms in total. The highest BCUT2D eigenvalue weighted by Crippen LogP contribution is 2.21.